The number of amides is 1. The number of thiazole rings is 1. The van der Waals surface area contributed by atoms with Crippen LogP contribution < -0.4 is 5.32 Å². The molecular formula is C23H20ClN5OS2. The molecule has 32 heavy (non-hydrogen) atoms. The van der Waals surface area contributed by atoms with Gasteiger partial charge in [-0.1, -0.05) is 71.9 Å². The maximum atomic E-state index is 12.5. The molecule has 0 radical (unpaired) electrons. The summed E-state index contributed by atoms with van der Waals surface area (Å²) in [5, 5.41) is 13.4. The molecule has 2 aromatic heterocycles. The summed E-state index contributed by atoms with van der Waals surface area (Å²) in [7, 11) is 0. The van der Waals surface area contributed by atoms with Crippen LogP contribution in [-0.2, 0) is 17.8 Å². The maximum Gasteiger partial charge on any atom is 0.236 e. The number of benzene rings is 2. The van der Waals surface area contributed by atoms with E-state index in [1.54, 1.807) is 12.3 Å². The van der Waals surface area contributed by atoms with Crippen LogP contribution >= 0.6 is 34.7 Å². The first-order valence-corrected chi connectivity index (χ1v) is 12.0. The Balaban J connectivity index is 1.36. The van der Waals surface area contributed by atoms with Crippen molar-refractivity contribution in [1.29, 1.82) is 0 Å². The summed E-state index contributed by atoms with van der Waals surface area (Å²) in [6.07, 6.45) is 4.32. The molecule has 162 valence electrons. The molecule has 4 aromatic rings. The van der Waals surface area contributed by atoms with Gasteiger partial charge in [-0.2, -0.15) is 0 Å². The van der Waals surface area contributed by atoms with Gasteiger partial charge >= 0.3 is 0 Å². The fraction of sp³-hybridized carbons (Fsp3) is 0.130. The number of carbonyl (C=O) groups excluding carboxylic acids is 1. The molecule has 0 bridgehead atoms. The molecule has 6 nitrogen and oxygen atoms in total. The molecule has 0 aliphatic carbocycles. The molecule has 4 rings (SSSR count). The Kier molecular flexibility index (Phi) is 7.36. The van der Waals surface area contributed by atoms with Gasteiger partial charge in [-0.3, -0.25) is 9.36 Å². The molecule has 0 spiro atoms. The van der Waals surface area contributed by atoms with Gasteiger partial charge in [0.15, 0.2) is 16.1 Å². The zero-order valence-corrected chi connectivity index (χ0v) is 19.5. The van der Waals surface area contributed by atoms with Crippen molar-refractivity contribution in [3.63, 3.8) is 0 Å². The van der Waals surface area contributed by atoms with E-state index in [0.29, 0.717) is 21.9 Å². The third-order valence-corrected chi connectivity index (χ3v) is 6.62. The summed E-state index contributed by atoms with van der Waals surface area (Å²) in [4.78, 5) is 17.9. The fourth-order valence-corrected chi connectivity index (χ4v) is 4.76. The van der Waals surface area contributed by atoms with Gasteiger partial charge in [-0.15, -0.1) is 28.1 Å². The van der Waals surface area contributed by atoms with E-state index >= 15 is 0 Å². The summed E-state index contributed by atoms with van der Waals surface area (Å²) < 4.78 is 1.95. The molecule has 2 aromatic carbocycles. The highest BCUT2D eigenvalue weighted by Crippen LogP contribution is 2.25. The number of anilines is 1. The predicted molar refractivity (Wildman–Crippen MR) is 131 cm³/mol. The maximum absolute atomic E-state index is 12.5. The molecule has 2 heterocycles. The number of rotatable bonds is 9. The average Bonchev–Trinajstić information content (AvgIpc) is 3.41. The highest BCUT2D eigenvalue weighted by Gasteiger charge is 2.15. The van der Waals surface area contributed by atoms with Gasteiger partial charge in [0, 0.05) is 34.6 Å². The first-order chi connectivity index (χ1) is 15.6. The SMILES string of the molecule is C=CCn1c(SCC(=O)Nc2ncc(Cc3ccc(Cl)cc3)s2)nnc1-c1ccccc1. The average molecular weight is 482 g/mol. The summed E-state index contributed by atoms with van der Waals surface area (Å²) in [6, 6.07) is 17.5. The lowest BCUT2D eigenvalue weighted by molar-refractivity contribution is -0.113. The molecule has 0 saturated carbocycles. The second kappa shape index (κ2) is 10.6. The molecule has 0 fully saturated rings. The molecule has 1 N–H and O–H groups in total. The molecular weight excluding hydrogens is 462 g/mol. The summed E-state index contributed by atoms with van der Waals surface area (Å²) in [5.41, 5.74) is 2.11. The van der Waals surface area contributed by atoms with Crippen LogP contribution in [0.2, 0.25) is 5.02 Å². The van der Waals surface area contributed by atoms with Crippen molar-refractivity contribution in [3.8, 4) is 11.4 Å². The summed E-state index contributed by atoms with van der Waals surface area (Å²) in [6.45, 7) is 4.38. The second-order valence-electron chi connectivity index (χ2n) is 6.84. The number of nitrogens with zero attached hydrogens (tertiary/aromatic N) is 4. The van der Waals surface area contributed by atoms with E-state index < -0.39 is 0 Å². The third kappa shape index (κ3) is 5.64. The molecule has 9 heteroatoms. The van der Waals surface area contributed by atoms with Crippen molar-refractivity contribution in [2.45, 2.75) is 18.1 Å². The number of hydrogen-bond donors (Lipinski definition) is 1. The lowest BCUT2D eigenvalue weighted by Gasteiger charge is -2.07. The molecule has 0 aliphatic rings. The number of hydrogen-bond acceptors (Lipinski definition) is 6. The Bertz CT molecular complexity index is 1200. The normalized spacial score (nSPS) is 10.8. The minimum absolute atomic E-state index is 0.142. The number of thioether (sulfide) groups is 1. The number of nitrogens with one attached hydrogen (secondary N) is 1. The van der Waals surface area contributed by atoms with Crippen molar-refractivity contribution in [2.75, 3.05) is 11.1 Å². The Hall–Kier alpha value is -2.94. The smallest absolute Gasteiger partial charge is 0.236 e. The van der Waals surface area contributed by atoms with E-state index in [9.17, 15) is 4.79 Å². The van der Waals surface area contributed by atoms with Gasteiger partial charge < -0.3 is 5.32 Å². The van der Waals surface area contributed by atoms with Crippen LogP contribution in [0, 0.1) is 0 Å². The quantitative estimate of drug-likeness (QED) is 0.250. The van der Waals surface area contributed by atoms with Gasteiger partial charge in [0.1, 0.15) is 0 Å². The minimum atomic E-state index is -0.142. The number of aromatic nitrogens is 4. The van der Waals surface area contributed by atoms with Gasteiger partial charge in [-0.05, 0) is 17.7 Å². The van der Waals surface area contributed by atoms with Gasteiger partial charge in [0.25, 0.3) is 0 Å². The lowest BCUT2D eigenvalue weighted by Crippen LogP contribution is -2.14. The Morgan fingerprint density at radius 1 is 1.16 bits per heavy atom. The Morgan fingerprint density at radius 3 is 2.69 bits per heavy atom. The highest BCUT2D eigenvalue weighted by molar-refractivity contribution is 7.99. The zero-order valence-electron chi connectivity index (χ0n) is 17.1. The van der Waals surface area contributed by atoms with Crippen LogP contribution in [0.5, 0.6) is 0 Å². The van der Waals surface area contributed by atoms with E-state index in [0.717, 1.165) is 28.2 Å². The third-order valence-electron chi connectivity index (χ3n) is 4.48. The first kappa shape index (κ1) is 22.3. The largest absolute Gasteiger partial charge is 0.301 e. The van der Waals surface area contributed by atoms with E-state index in [2.05, 4.69) is 27.1 Å². The van der Waals surface area contributed by atoms with Crippen LogP contribution in [0.25, 0.3) is 11.4 Å². The minimum Gasteiger partial charge on any atom is -0.301 e. The van der Waals surface area contributed by atoms with Gasteiger partial charge in [0.05, 0.1) is 5.75 Å². The first-order valence-electron chi connectivity index (χ1n) is 9.83. The topological polar surface area (TPSA) is 72.7 Å². The Morgan fingerprint density at radius 2 is 1.94 bits per heavy atom. The van der Waals surface area contributed by atoms with Crippen LogP contribution in [-0.4, -0.2) is 31.4 Å². The van der Waals surface area contributed by atoms with E-state index in [-0.39, 0.29) is 11.7 Å². The molecule has 0 saturated heterocycles. The summed E-state index contributed by atoms with van der Waals surface area (Å²) >= 11 is 8.73. The number of carbonyl (C=O) groups is 1. The van der Waals surface area contributed by atoms with Crippen LogP contribution in [0.15, 0.2) is 78.6 Å². The van der Waals surface area contributed by atoms with Crippen molar-refractivity contribution in [1.82, 2.24) is 19.7 Å². The van der Waals surface area contributed by atoms with E-state index in [1.807, 2.05) is 59.2 Å². The van der Waals surface area contributed by atoms with Gasteiger partial charge in [0.2, 0.25) is 5.91 Å². The number of halogens is 1. The van der Waals surface area contributed by atoms with Crippen LogP contribution in [0.3, 0.4) is 0 Å². The van der Waals surface area contributed by atoms with E-state index in [4.69, 9.17) is 11.6 Å². The molecule has 0 aliphatic heterocycles. The summed E-state index contributed by atoms with van der Waals surface area (Å²) in [5.74, 6) is 0.813. The van der Waals surface area contributed by atoms with Crippen molar-refractivity contribution in [3.05, 3.63) is 88.9 Å². The number of allylic oxidation sites excluding steroid dienone is 1. The second-order valence-corrected chi connectivity index (χ2v) is 9.34. The van der Waals surface area contributed by atoms with Crippen molar-refractivity contribution in [2.24, 2.45) is 0 Å². The standard InChI is InChI=1S/C23H20ClN5OS2/c1-2-12-29-21(17-6-4-3-5-7-17)27-28-23(29)31-15-20(30)26-22-25-14-19(32-22)13-16-8-10-18(24)11-9-16/h2-11,14H,1,12-13,15H2,(H,25,26,30). The van der Waals surface area contributed by atoms with Crippen LogP contribution in [0.4, 0.5) is 5.13 Å². The monoisotopic (exact) mass is 481 g/mol. The zero-order chi connectivity index (χ0) is 22.3. The molecule has 0 unspecified atom stereocenters. The van der Waals surface area contributed by atoms with Crippen molar-refractivity contribution < 1.29 is 4.79 Å². The predicted octanol–water partition coefficient (Wildman–Crippen LogP) is 5.56. The van der Waals surface area contributed by atoms with Crippen molar-refractivity contribution >= 4 is 45.7 Å². The Labute approximate surface area is 199 Å². The molecule has 0 atom stereocenters. The van der Waals surface area contributed by atoms with Gasteiger partial charge in [-0.25, -0.2) is 4.98 Å². The van der Waals surface area contributed by atoms with Crippen LogP contribution in [0.1, 0.15) is 10.4 Å². The highest BCUT2D eigenvalue weighted by atomic mass is 35.5. The van der Waals surface area contributed by atoms with E-state index in [1.165, 1.54) is 23.1 Å². The fourth-order valence-electron chi connectivity index (χ4n) is 3.03. The molecule has 1 amide bonds. The lowest BCUT2D eigenvalue weighted by atomic mass is 10.1.